The van der Waals surface area contributed by atoms with Crippen molar-refractivity contribution in [2.75, 3.05) is 6.54 Å². The molecule has 0 fully saturated rings. The lowest BCUT2D eigenvalue weighted by Crippen LogP contribution is -2.25. The molecule has 0 bridgehead atoms. The average molecular weight is 374 g/mol. The predicted molar refractivity (Wildman–Crippen MR) is 115 cm³/mol. The summed E-state index contributed by atoms with van der Waals surface area (Å²) in [7, 11) is 0. The van der Waals surface area contributed by atoms with Gasteiger partial charge in [-0.25, -0.2) is 4.98 Å². The van der Waals surface area contributed by atoms with Crippen molar-refractivity contribution in [3.63, 3.8) is 0 Å². The summed E-state index contributed by atoms with van der Waals surface area (Å²) in [6.07, 6.45) is 27.4. The number of unbranched alkanes of at least 4 members (excludes halogenated alkanes) is 8. The average Bonchev–Trinajstić information content (AvgIpc) is 3.18. The molecule has 1 heterocycles. The zero-order chi connectivity index (χ0) is 19.4. The van der Waals surface area contributed by atoms with Crippen LogP contribution in [-0.2, 0) is 11.2 Å². The number of nitrogens with zero attached hydrogens (tertiary/aromatic N) is 1. The maximum Gasteiger partial charge on any atom is 0.220 e. The molecule has 1 rings (SSSR count). The first kappa shape index (κ1) is 23.2. The molecule has 0 aliphatic rings. The third kappa shape index (κ3) is 15.0. The number of carbonyl (C=O) groups excluding carboxylic acids is 1. The van der Waals surface area contributed by atoms with Crippen LogP contribution < -0.4 is 5.32 Å². The van der Waals surface area contributed by atoms with Gasteiger partial charge in [-0.3, -0.25) is 4.79 Å². The molecule has 0 aliphatic heterocycles. The number of H-pyrrole nitrogens is 1. The number of hydrogen-bond donors (Lipinski definition) is 2. The normalized spacial score (nSPS) is 11.6. The van der Waals surface area contributed by atoms with E-state index < -0.39 is 0 Å². The van der Waals surface area contributed by atoms with Crippen LogP contribution in [0.1, 0.15) is 89.7 Å². The molecular weight excluding hydrogens is 334 g/mol. The lowest BCUT2D eigenvalue weighted by Gasteiger charge is -2.04. The fourth-order valence-corrected chi connectivity index (χ4v) is 2.94. The minimum atomic E-state index is 0.167. The minimum Gasteiger partial charge on any atom is -0.356 e. The highest BCUT2D eigenvalue weighted by atomic mass is 16.1. The van der Waals surface area contributed by atoms with E-state index in [0.29, 0.717) is 13.0 Å². The molecule has 1 amide bonds. The molecule has 27 heavy (non-hydrogen) atoms. The van der Waals surface area contributed by atoms with Gasteiger partial charge < -0.3 is 10.3 Å². The van der Waals surface area contributed by atoms with E-state index in [4.69, 9.17) is 0 Å². The highest BCUT2D eigenvalue weighted by Gasteiger charge is 2.01. The van der Waals surface area contributed by atoms with E-state index in [1.54, 1.807) is 12.5 Å². The van der Waals surface area contributed by atoms with Gasteiger partial charge in [0.2, 0.25) is 5.91 Å². The molecule has 1 aromatic heterocycles. The number of nitrogens with one attached hydrogen (secondary N) is 2. The van der Waals surface area contributed by atoms with E-state index in [0.717, 1.165) is 31.4 Å². The van der Waals surface area contributed by atoms with E-state index in [9.17, 15) is 4.79 Å². The van der Waals surface area contributed by atoms with Gasteiger partial charge in [0.25, 0.3) is 0 Å². The van der Waals surface area contributed by atoms with Gasteiger partial charge in [-0.1, -0.05) is 63.3 Å². The number of aromatic nitrogens is 2. The molecule has 0 saturated heterocycles. The van der Waals surface area contributed by atoms with Crippen molar-refractivity contribution in [1.82, 2.24) is 15.3 Å². The van der Waals surface area contributed by atoms with Gasteiger partial charge in [-0.05, 0) is 38.5 Å². The smallest absolute Gasteiger partial charge is 0.220 e. The van der Waals surface area contributed by atoms with Crippen molar-refractivity contribution >= 4 is 5.91 Å². The third-order valence-electron chi connectivity index (χ3n) is 4.63. The van der Waals surface area contributed by atoms with Gasteiger partial charge in [-0.15, -0.1) is 0 Å². The number of imidazole rings is 1. The Hall–Kier alpha value is -1.84. The van der Waals surface area contributed by atoms with E-state index in [1.807, 2.05) is 0 Å². The van der Waals surface area contributed by atoms with Crippen molar-refractivity contribution in [2.24, 2.45) is 0 Å². The van der Waals surface area contributed by atoms with Crippen LogP contribution in [0.4, 0.5) is 0 Å². The SMILES string of the molecule is CCCCC/C=C/C/C=C/CCCCCCCC(=O)NCCc1cnc[nH]1. The second-order valence-corrected chi connectivity index (χ2v) is 7.16. The van der Waals surface area contributed by atoms with Gasteiger partial charge in [0.1, 0.15) is 0 Å². The Balaban J connectivity index is 1.81. The first-order valence-corrected chi connectivity index (χ1v) is 10.9. The van der Waals surface area contributed by atoms with Crippen LogP contribution in [0.5, 0.6) is 0 Å². The van der Waals surface area contributed by atoms with Crippen molar-refractivity contribution in [2.45, 2.75) is 90.4 Å². The molecule has 4 nitrogen and oxygen atoms in total. The van der Waals surface area contributed by atoms with Crippen LogP contribution in [-0.4, -0.2) is 22.4 Å². The third-order valence-corrected chi connectivity index (χ3v) is 4.63. The maximum absolute atomic E-state index is 11.8. The quantitative estimate of drug-likeness (QED) is 0.264. The van der Waals surface area contributed by atoms with Crippen molar-refractivity contribution in [3.8, 4) is 0 Å². The second kappa shape index (κ2) is 17.6. The van der Waals surface area contributed by atoms with E-state index >= 15 is 0 Å². The largest absolute Gasteiger partial charge is 0.356 e. The van der Waals surface area contributed by atoms with Gasteiger partial charge in [-0.2, -0.15) is 0 Å². The number of amides is 1. The first-order chi connectivity index (χ1) is 13.3. The van der Waals surface area contributed by atoms with Gasteiger partial charge in [0.05, 0.1) is 6.33 Å². The van der Waals surface area contributed by atoms with Gasteiger partial charge >= 0.3 is 0 Å². The van der Waals surface area contributed by atoms with Crippen molar-refractivity contribution in [3.05, 3.63) is 42.5 Å². The number of rotatable bonds is 17. The summed E-state index contributed by atoms with van der Waals surface area (Å²) in [5, 5.41) is 2.97. The van der Waals surface area contributed by atoms with Crippen molar-refractivity contribution < 1.29 is 4.79 Å². The zero-order valence-corrected chi connectivity index (χ0v) is 17.2. The van der Waals surface area contributed by atoms with E-state index in [-0.39, 0.29) is 5.91 Å². The molecule has 0 atom stereocenters. The Morgan fingerprint density at radius 1 is 1.00 bits per heavy atom. The maximum atomic E-state index is 11.8. The van der Waals surface area contributed by atoms with Gasteiger partial charge in [0, 0.05) is 31.3 Å². The van der Waals surface area contributed by atoms with Gasteiger partial charge in [0.15, 0.2) is 0 Å². The van der Waals surface area contributed by atoms with Crippen LogP contribution >= 0.6 is 0 Å². The summed E-state index contributed by atoms with van der Waals surface area (Å²) >= 11 is 0. The summed E-state index contributed by atoms with van der Waals surface area (Å²) in [6.45, 7) is 2.93. The summed E-state index contributed by atoms with van der Waals surface area (Å²) in [4.78, 5) is 18.8. The molecule has 152 valence electrons. The first-order valence-electron chi connectivity index (χ1n) is 10.9. The Kier molecular flexibility index (Phi) is 15.1. The Morgan fingerprint density at radius 2 is 1.70 bits per heavy atom. The van der Waals surface area contributed by atoms with E-state index in [2.05, 4.69) is 46.5 Å². The standard InChI is InChI=1S/C23H39N3O/c1-2-3-4-5-6-7-8-9-10-11-12-13-14-15-16-17-23(27)25-19-18-22-20-24-21-26-22/h6-7,9-10,20-21H,2-5,8,11-19H2,1H3,(H,24,26)(H,25,27)/b7-6+,10-9+. The lowest BCUT2D eigenvalue weighted by molar-refractivity contribution is -0.121. The fraction of sp³-hybridized carbons (Fsp3) is 0.652. The number of carbonyl (C=O) groups is 1. The molecule has 0 aliphatic carbocycles. The topological polar surface area (TPSA) is 57.8 Å². The molecule has 0 aromatic carbocycles. The molecule has 2 N–H and O–H groups in total. The van der Waals surface area contributed by atoms with Crippen LogP contribution in [0, 0.1) is 0 Å². The van der Waals surface area contributed by atoms with Crippen molar-refractivity contribution in [1.29, 1.82) is 0 Å². The molecule has 0 radical (unpaired) electrons. The van der Waals surface area contributed by atoms with Crippen LogP contribution in [0.2, 0.25) is 0 Å². The Bertz CT molecular complexity index is 506. The fourth-order valence-electron chi connectivity index (χ4n) is 2.94. The summed E-state index contributed by atoms with van der Waals surface area (Å²) in [5.41, 5.74) is 1.06. The van der Waals surface area contributed by atoms with Crippen LogP contribution in [0.3, 0.4) is 0 Å². The van der Waals surface area contributed by atoms with E-state index in [1.165, 1.54) is 51.4 Å². The lowest BCUT2D eigenvalue weighted by atomic mass is 10.1. The molecule has 1 aromatic rings. The van der Waals surface area contributed by atoms with Crippen LogP contribution in [0.25, 0.3) is 0 Å². The highest BCUT2D eigenvalue weighted by molar-refractivity contribution is 5.75. The Labute approximate surface area is 165 Å². The number of aromatic amines is 1. The molecule has 0 spiro atoms. The summed E-state index contributed by atoms with van der Waals surface area (Å²) < 4.78 is 0. The molecule has 0 unspecified atom stereocenters. The monoisotopic (exact) mass is 373 g/mol. The summed E-state index contributed by atoms with van der Waals surface area (Å²) in [6, 6.07) is 0. The number of hydrogen-bond acceptors (Lipinski definition) is 2. The number of allylic oxidation sites excluding steroid dienone is 4. The van der Waals surface area contributed by atoms with Crippen LogP contribution in [0.15, 0.2) is 36.8 Å². The second-order valence-electron chi connectivity index (χ2n) is 7.16. The zero-order valence-electron chi connectivity index (χ0n) is 17.2. The molecular formula is C23H39N3O. The highest BCUT2D eigenvalue weighted by Crippen LogP contribution is 2.08. The molecule has 0 saturated carbocycles. The minimum absolute atomic E-state index is 0.167. The Morgan fingerprint density at radius 3 is 2.41 bits per heavy atom. The molecule has 4 heteroatoms. The summed E-state index contributed by atoms with van der Waals surface area (Å²) in [5.74, 6) is 0.167. The predicted octanol–water partition coefficient (Wildman–Crippen LogP) is 5.88.